The van der Waals surface area contributed by atoms with Crippen LogP contribution in [0.1, 0.15) is 15.4 Å². The fourth-order valence-corrected chi connectivity index (χ4v) is 1.73. The third-order valence-corrected chi connectivity index (χ3v) is 2.63. The molecule has 0 saturated carbocycles. The van der Waals surface area contributed by atoms with Crippen LogP contribution >= 0.6 is 11.3 Å². The molecular weight excluding hydrogens is 212 g/mol. The normalized spacial score (nSPS) is 9.93. The number of carbonyl (C=O) groups excluding carboxylic acids is 1. The van der Waals surface area contributed by atoms with E-state index in [0.29, 0.717) is 16.3 Å². The molecule has 0 aliphatic heterocycles. The van der Waals surface area contributed by atoms with E-state index in [1.807, 2.05) is 0 Å². The van der Waals surface area contributed by atoms with E-state index in [1.54, 1.807) is 23.8 Å². The highest BCUT2D eigenvalue weighted by Crippen LogP contribution is 2.20. The summed E-state index contributed by atoms with van der Waals surface area (Å²) in [5.74, 6) is 0.325. The summed E-state index contributed by atoms with van der Waals surface area (Å²) in [5.41, 5.74) is 1.94. The van der Waals surface area contributed by atoms with E-state index in [9.17, 15) is 4.79 Å². The molecule has 0 N–H and O–H groups in total. The van der Waals surface area contributed by atoms with Crippen molar-refractivity contribution in [2.75, 3.05) is 7.11 Å². The van der Waals surface area contributed by atoms with Crippen LogP contribution in [0.2, 0.25) is 0 Å². The number of thiazole rings is 1. The van der Waals surface area contributed by atoms with Crippen LogP contribution in [0.4, 0.5) is 0 Å². The highest BCUT2D eigenvalue weighted by molar-refractivity contribution is 7.11. The zero-order valence-electron chi connectivity index (χ0n) is 8.01. The van der Waals surface area contributed by atoms with Crippen LogP contribution in [0.15, 0.2) is 30.0 Å². The minimum Gasteiger partial charge on any atom is -0.494 e. The Hall–Kier alpha value is -1.75. The molecule has 4 nitrogen and oxygen atoms in total. The lowest BCUT2D eigenvalue weighted by molar-refractivity contribution is 0.103. The number of hydrogen-bond acceptors (Lipinski definition) is 5. The van der Waals surface area contributed by atoms with Crippen LogP contribution in [0.3, 0.4) is 0 Å². The maximum absolute atomic E-state index is 11.9. The van der Waals surface area contributed by atoms with E-state index < -0.39 is 0 Å². The summed E-state index contributed by atoms with van der Waals surface area (Å²) >= 11 is 1.29. The van der Waals surface area contributed by atoms with E-state index in [4.69, 9.17) is 4.74 Å². The SMILES string of the molecule is COc1cccnc1C(=O)c1cncs1. The van der Waals surface area contributed by atoms with Gasteiger partial charge in [-0.15, -0.1) is 11.3 Å². The van der Waals surface area contributed by atoms with Gasteiger partial charge in [-0.1, -0.05) is 0 Å². The quantitative estimate of drug-likeness (QED) is 0.740. The Bertz CT molecular complexity index is 468. The highest BCUT2D eigenvalue weighted by Gasteiger charge is 2.16. The molecule has 2 heterocycles. The lowest BCUT2D eigenvalue weighted by Crippen LogP contribution is -2.04. The zero-order chi connectivity index (χ0) is 10.7. The zero-order valence-corrected chi connectivity index (χ0v) is 8.82. The van der Waals surface area contributed by atoms with Gasteiger partial charge in [-0.25, -0.2) is 4.98 Å². The Balaban J connectivity index is 2.42. The van der Waals surface area contributed by atoms with Gasteiger partial charge in [-0.2, -0.15) is 0 Å². The van der Waals surface area contributed by atoms with E-state index in [1.165, 1.54) is 24.6 Å². The van der Waals surface area contributed by atoms with Gasteiger partial charge in [0.2, 0.25) is 5.78 Å². The first-order valence-electron chi connectivity index (χ1n) is 4.25. The first-order chi connectivity index (χ1) is 7.33. The Morgan fingerprint density at radius 3 is 3.07 bits per heavy atom. The van der Waals surface area contributed by atoms with Gasteiger partial charge in [-0.05, 0) is 12.1 Å². The molecule has 0 bridgehead atoms. The van der Waals surface area contributed by atoms with Crippen LogP contribution in [-0.4, -0.2) is 22.9 Å². The summed E-state index contributed by atoms with van der Waals surface area (Å²) in [7, 11) is 1.51. The molecule has 0 atom stereocenters. The second-order valence-corrected chi connectivity index (χ2v) is 3.64. The van der Waals surface area contributed by atoms with Crippen LogP contribution in [-0.2, 0) is 0 Å². The van der Waals surface area contributed by atoms with Crippen LogP contribution in [0, 0.1) is 0 Å². The van der Waals surface area contributed by atoms with Gasteiger partial charge in [-0.3, -0.25) is 9.78 Å². The predicted molar refractivity (Wildman–Crippen MR) is 56.3 cm³/mol. The van der Waals surface area contributed by atoms with E-state index >= 15 is 0 Å². The summed E-state index contributed by atoms with van der Waals surface area (Å²) in [6.45, 7) is 0. The number of pyridine rings is 1. The van der Waals surface area contributed by atoms with Crippen molar-refractivity contribution in [1.82, 2.24) is 9.97 Å². The molecule has 0 aromatic carbocycles. The molecule has 76 valence electrons. The molecule has 2 aromatic heterocycles. The summed E-state index contributed by atoms with van der Waals surface area (Å²) in [6.07, 6.45) is 3.10. The molecule has 2 rings (SSSR count). The van der Waals surface area contributed by atoms with E-state index in [2.05, 4.69) is 9.97 Å². The van der Waals surface area contributed by atoms with Gasteiger partial charge in [0.05, 0.1) is 17.5 Å². The number of aromatic nitrogens is 2. The van der Waals surface area contributed by atoms with Crippen molar-refractivity contribution in [3.05, 3.63) is 40.6 Å². The van der Waals surface area contributed by atoms with E-state index in [0.717, 1.165) is 0 Å². The van der Waals surface area contributed by atoms with Gasteiger partial charge < -0.3 is 4.74 Å². The molecule has 0 aliphatic rings. The number of hydrogen-bond donors (Lipinski definition) is 0. The van der Waals surface area contributed by atoms with Crippen LogP contribution in [0.25, 0.3) is 0 Å². The summed E-state index contributed by atoms with van der Waals surface area (Å²) in [6, 6.07) is 3.43. The summed E-state index contributed by atoms with van der Waals surface area (Å²) < 4.78 is 5.07. The number of nitrogens with zero attached hydrogens (tertiary/aromatic N) is 2. The van der Waals surface area contributed by atoms with Gasteiger partial charge >= 0.3 is 0 Å². The monoisotopic (exact) mass is 220 g/mol. The molecule has 15 heavy (non-hydrogen) atoms. The Morgan fingerprint density at radius 2 is 2.40 bits per heavy atom. The number of methoxy groups -OCH3 is 1. The van der Waals surface area contributed by atoms with E-state index in [-0.39, 0.29) is 5.78 Å². The minimum atomic E-state index is -0.157. The molecule has 0 aliphatic carbocycles. The Kier molecular flexibility index (Phi) is 2.73. The minimum absolute atomic E-state index is 0.157. The highest BCUT2D eigenvalue weighted by atomic mass is 32.1. The fraction of sp³-hybridized carbons (Fsp3) is 0.100. The van der Waals surface area contributed by atoms with Crippen molar-refractivity contribution < 1.29 is 9.53 Å². The molecule has 2 aromatic rings. The summed E-state index contributed by atoms with van der Waals surface area (Å²) in [5, 5.41) is 0. The Labute approximate surface area is 90.6 Å². The average molecular weight is 220 g/mol. The van der Waals surface area contributed by atoms with Gasteiger partial charge in [0.25, 0.3) is 0 Å². The molecular formula is C10H8N2O2S. The smallest absolute Gasteiger partial charge is 0.226 e. The lowest BCUT2D eigenvalue weighted by atomic mass is 10.2. The van der Waals surface area contributed by atoms with Crippen molar-refractivity contribution in [1.29, 1.82) is 0 Å². The first-order valence-corrected chi connectivity index (χ1v) is 5.13. The second kappa shape index (κ2) is 4.18. The second-order valence-electron chi connectivity index (χ2n) is 2.75. The number of ketones is 1. The molecule has 5 heteroatoms. The Morgan fingerprint density at radius 1 is 1.53 bits per heavy atom. The van der Waals surface area contributed by atoms with Crippen molar-refractivity contribution in [3.63, 3.8) is 0 Å². The third-order valence-electron chi connectivity index (χ3n) is 1.86. The molecule has 0 fully saturated rings. The number of ether oxygens (including phenoxy) is 1. The van der Waals surface area contributed by atoms with Gasteiger partial charge in [0.1, 0.15) is 5.75 Å². The van der Waals surface area contributed by atoms with Gasteiger partial charge in [0, 0.05) is 12.4 Å². The van der Waals surface area contributed by atoms with Crippen molar-refractivity contribution >= 4 is 17.1 Å². The molecule has 0 unspecified atom stereocenters. The van der Waals surface area contributed by atoms with Crippen LogP contribution < -0.4 is 4.74 Å². The molecule has 0 amide bonds. The molecule has 0 spiro atoms. The van der Waals surface area contributed by atoms with Crippen molar-refractivity contribution in [2.45, 2.75) is 0 Å². The van der Waals surface area contributed by atoms with Crippen molar-refractivity contribution in [2.24, 2.45) is 0 Å². The van der Waals surface area contributed by atoms with Gasteiger partial charge in [0.15, 0.2) is 5.69 Å². The first kappa shape index (κ1) is 9.79. The fourth-order valence-electron chi connectivity index (χ4n) is 1.17. The van der Waals surface area contributed by atoms with Crippen LogP contribution in [0.5, 0.6) is 5.75 Å². The average Bonchev–Trinajstić information content (AvgIpc) is 2.81. The third kappa shape index (κ3) is 1.87. The predicted octanol–water partition coefficient (Wildman–Crippen LogP) is 1.78. The van der Waals surface area contributed by atoms with Crippen molar-refractivity contribution in [3.8, 4) is 5.75 Å². The standard InChI is InChI=1S/C10H8N2O2S/c1-14-7-3-2-4-12-9(7)10(13)8-5-11-6-15-8/h2-6H,1H3. The topological polar surface area (TPSA) is 52.1 Å². The number of carbonyl (C=O) groups is 1. The molecule has 0 saturated heterocycles. The number of rotatable bonds is 3. The lowest BCUT2D eigenvalue weighted by Gasteiger charge is -2.03. The summed E-state index contributed by atoms with van der Waals surface area (Å²) in [4.78, 5) is 20.3. The maximum Gasteiger partial charge on any atom is 0.226 e. The largest absolute Gasteiger partial charge is 0.494 e. The molecule has 0 radical (unpaired) electrons. The maximum atomic E-state index is 11.9.